The van der Waals surface area contributed by atoms with Gasteiger partial charge in [-0.1, -0.05) is 24.3 Å². The number of nitrogens with zero attached hydrogens (tertiary/aromatic N) is 1. The van der Waals surface area contributed by atoms with Crippen LogP contribution >= 0.6 is 0 Å². The monoisotopic (exact) mass is 487 g/mol. The molecule has 0 fully saturated rings. The molecule has 0 radical (unpaired) electrons. The molecule has 184 valence electrons. The van der Waals surface area contributed by atoms with E-state index in [1.54, 1.807) is 69.3 Å². The minimum absolute atomic E-state index is 0.231. The molecule has 1 aromatic heterocycles. The molecule has 0 bridgehead atoms. The fourth-order valence-corrected chi connectivity index (χ4v) is 3.75. The lowest BCUT2D eigenvalue weighted by Crippen LogP contribution is -2.24. The molecule has 1 heterocycles. The second-order valence-electron chi connectivity index (χ2n) is 9.30. The van der Waals surface area contributed by atoms with E-state index >= 15 is 0 Å². The molecule has 36 heavy (non-hydrogen) atoms. The van der Waals surface area contributed by atoms with Gasteiger partial charge in [-0.25, -0.2) is 9.18 Å². The van der Waals surface area contributed by atoms with E-state index in [1.807, 2.05) is 0 Å². The molecule has 4 rings (SSSR count). The third-order valence-corrected chi connectivity index (χ3v) is 5.30. The van der Waals surface area contributed by atoms with Crippen molar-refractivity contribution in [3.63, 3.8) is 0 Å². The highest BCUT2D eigenvalue weighted by atomic mass is 19.1. The Kier molecular flexibility index (Phi) is 6.61. The molecule has 3 aromatic carbocycles. The fourth-order valence-electron chi connectivity index (χ4n) is 3.75. The van der Waals surface area contributed by atoms with E-state index in [1.165, 1.54) is 35.9 Å². The molecule has 0 unspecified atom stereocenters. The van der Waals surface area contributed by atoms with E-state index in [4.69, 9.17) is 4.74 Å². The largest absolute Gasteiger partial charge is 0.456 e. The van der Waals surface area contributed by atoms with E-state index in [9.17, 15) is 18.8 Å². The van der Waals surface area contributed by atoms with Crippen molar-refractivity contribution in [1.82, 2.24) is 4.57 Å². The van der Waals surface area contributed by atoms with Gasteiger partial charge in [0, 0.05) is 24.2 Å². The number of nitrogens with one attached hydrogen (secondary N) is 2. The van der Waals surface area contributed by atoms with Crippen molar-refractivity contribution >= 4 is 45.7 Å². The predicted octanol–water partition coefficient (Wildman–Crippen LogP) is 6.39. The zero-order valence-electron chi connectivity index (χ0n) is 20.4. The van der Waals surface area contributed by atoms with Gasteiger partial charge in [-0.05, 0) is 63.2 Å². The number of carbonyl (C=O) groups is 3. The Bertz CT molecular complexity index is 1480. The summed E-state index contributed by atoms with van der Waals surface area (Å²) >= 11 is 0. The smallest absolute Gasteiger partial charge is 0.338 e. The van der Waals surface area contributed by atoms with Crippen LogP contribution < -0.4 is 10.6 Å². The number of hydrogen-bond donors (Lipinski definition) is 2. The third-order valence-electron chi connectivity index (χ3n) is 5.30. The Labute approximate surface area is 207 Å². The zero-order chi connectivity index (χ0) is 26.0. The number of amides is 1. The number of halogens is 1. The van der Waals surface area contributed by atoms with Gasteiger partial charge in [-0.15, -0.1) is 0 Å². The molecule has 0 saturated carbocycles. The first-order valence-corrected chi connectivity index (χ1v) is 11.3. The van der Waals surface area contributed by atoms with Crippen molar-refractivity contribution in [1.29, 1.82) is 0 Å². The minimum atomic E-state index is -0.701. The van der Waals surface area contributed by atoms with Crippen LogP contribution in [0.15, 0.2) is 72.9 Å². The van der Waals surface area contributed by atoms with Crippen molar-refractivity contribution in [3.8, 4) is 0 Å². The van der Waals surface area contributed by atoms with Crippen LogP contribution in [-0.4, -0.2) is 28.0 Å². The average Bonchev–Trinajstić information content (AvgIpc) is 3.19. The van der Waals surface area contributed by atoms with Crippen molar-refractivity contribution in [2.75, 3.05) is 10.6 Å². The Hall–Kier alpha value is -4.46. The van der Waals surface area contributed by atoms with Crippen LogP contribution in [0.3, 0.4) is 0 Å². The number of aromatic nitrogens is 1. The van der Waals surface area contributed by atoms with Crippen LogP contribution in [0.1, 0.15) is 53.2 Å². The number of para-hydroxylation sites is 1. The van der Waals surface area contributed by atoms with E-state index in [-0.39, 0.29) is 17.2 Å². The summed E-state index contributed by atoms with van der Waals surface area (Å²) in [6.07, 6.45) is 1.49. The van der Waals surface area contributed by atoms with Crippen LogP contribution in [0, 0.1) is 5.82 Å². The van der Waals surface area contributed by atoms with Gasteiger partial charge in [0.1, 0.15) is 11.4 Å². The third kappa shape index (κ3) is 5.43. The van der Waals surface area contributed by atoms with Crippen LogP contribution in [0.2, 0.25) is 0 Å². The summed E-state index contributed by atoms with van der Waals surface area (Å²) in [4.78, 5) is 38.2. The van der Waals surface area contributed by atoms with Gasteiger partial charge >= 0.3 is 5.97 Å². The van der Waals surface area contributed by atoms with E-state index in [2.05, 4.69) is 10.6 Å². The molecular formula is C28H26FN3O4. The molecule has 0 aliphatic heterocycles. The zero-order valence-corrected chi connectivity index (χ0v) is 20.4. The summed E-state index contributed by atoms with van der Waals surface area (Å²) in [5.74, 6) is -1.68. The number of esters is 1. The average molecular weight is 488 g/mol. The molecule has 0 spiro atoms. The lowest BCUT2D eigenvalue weighted by Gasteiger charge is -2.20. The number of rotatable bonds is 5. The molecule has 4 aromatic rings. The van der Waals surface area contributed by atoms with Gasteiger partial charge in [0.15, 0.2) is 0 Å². The second kappa shape index (κ2) is 9.65. The standard InChI is InChI=1S/C28H26FN3O4/c1-17(33)32-16-22(21-10-5-6-11-25(21)32)26(34)31-24-14-18(27(35)36-28(2,3)4)12-13-23(24)30-20-9-7-8-19(29)15-20/h5-16,30H,1-4H3,(H,31,34). The molecule has 7 nitrogen and oxygen atoms in total. The predicted molar refractivity (Wildman–Crippen MR) is 137 cm³/mol. The first kappa shape index (κ1) is 24.7. The normalized spacial score (nSPS) is 11.2. The van der Waals surface area contributed by atoms with E-state index in [0.717, 1.165) is 0 Å². The summed E-state index contributed by atoms with van der Waals surface area (Å²) in [6, 6.07) is 17.6. The number of fused-ring (bicyclic) bond motifs is 1. The van der Waals surface area contributed by atoms with Gasteiger partial charge in [-0.3, -0.25) is 14.2 Å². The summed E-state index contributed by atoms with van der Waals surface area (Å²) in [6.45, 7) is 6.70. The Morgan fingerprint density at radius 3 is 2.36 bits per heavy atom. The van der Waals surface area contributed by atoms with Crippen molar-refractivity contribution in [2.45, 2.75) is 33.3 Å². The Morgan fingerprint density at radius 2 is 1.67 bits per heavy atom. The van der Waals surface area contributed by atoms with Gasteiger partial charge in [-0.2, -0.15) is 0 Å². The molecular weight excluding hydrogens is 461 g/mol. The van der Waals surface area contributed by atoms with Gasteiger partial charge in [0.05, 0.1) is 28.0 Å². The number of anilines is 3. The van der Waals surface area contributed by atoms with E-state index in [0.29, 0.717) is 27.8 Å². The number of carbonyl (C=O) groups excluding carboxylic acids is 3. The van der Waals surface area contributed by atoms with Gasteiger partial charge < -0.3 is 15.4 Å². The summed E-state index contributed by atoms with van der Waals surface area (Å²) in [5, 5.41) is 6.52. The summed E-state index contributed by atoms with van der Waals surface area (Å²) < 4.78 is 20.6. The van der Waals surface area contributed by atoms with Crippen LogP contribution in [0.5, 0.6) is 0 Å². The molecule has 0 atom stereocenters. The maximum Gasteiger partial charge on any atom is 0.338 e. The minimum Gasteiger partial charge on any atom is -0.456 e. The highest BCUT2D eigenvalue weighted by Crippen LogP contribution is 2.30. The number of benzene rings is 3. The highest BCUT2D eigenvalue weighted by Gasteiger charge is 2.21. The van der Waals surface area contributed by atoms with Crippen molar-refractivity contribution < 1.29 is 23.5 Å². The summed E-state index contributed by atoms with van der Waals surface area (Å²) in [7, 11) is 0. The van der Waals surface area contributed by atoms with Gasteiger partial charge in [0.2, 0.25) is 5.91 Å². The topological polar surface area (TPSA) is 89.4 Å². The molecule has 0 saturated heterocycles. The van der Waals surface area contributed by atoms with Crippen LogP contribution in [0.4, 0.5) is 21.5 Å². The Morgan fingerprint density at radius 1 is 0.917 bits per heavy atom. The number of hydrogen-bond acceptors (Lipinski definition) is 5. The maximum atomic E-state index is 13.7. The quantitative estimate of drug-likeness (QED) is 0.318. The SMILES string of the molecule is CC(=O)n1cc(C(=O)Nc2cc(C(=O)OC(C)(C)C)ccc2Nc2cccc(F)c2)c2ccccc21. The molecule has 0 aliphatic rings. The van der Waals surface area contributed by atoms with Crippen molar-refractivity contribution in [3.05, 3.63) is 89.9 Å². The molecule has 2 N–H and O–H groups in total. The van der Waals surface area contributed by atoms with Crippen LogP contribution in [-0.2, 0) is 4.74 Å². The molecule has 8 heteroatoms. The van der Waals surface area contributed by atoms with Gasteiger partial charge in [0.25, 0.3) is 5.91 Å². The van der Waals surface area contributed by atoms with E-state index < -0.39 is 23.3 Å². The number of ether oxygens (including phenoxy) is 1. The molecule has 0 aliphatic carbocycles. The second-order valence-corrected chi connectivity index (χ2v) is 9.30. The molecule has 1 amide bonds. The summed E-state index contributed by atoms with van der Waals surface area (Å²) in [5.41, 5.74) is 1.62. The van der Waals surface area contributed by atoms with Crippen molar-refractivity contribution in [2.24, 2.45) is 0 Å². The fraction of sp³-hybridized carbons (Fsp3) is 0.179. The first-order valence-electron chi connectivity index (χ1n) is 11.3. The lowest BCUT2D eigenvalue weighted by atomic mass is 10.1. The maximum absolute atomic E-state index is 13.7. The lowest BCUT2D eigenvalue weighted by molar-refractivity contribution is 0.00693. The Balaban J connectivity index is 1.74. The first-order chi connectivity index (χ1) is 17.0. The van der Waals surface area contributed by atoms with Crippen LogP contribution in [0.25, 0.3) is 10.9 Å². The highest BCUT2D eigenvalue weighted by molar-refractivity contribution is 6.15.